The molecule has 3 rings (SSSR count). The molecule has 1 aliphatic rings. The molecule has 0 aromatic heterocycles. The molecule has 1 atom stereocenters. The maximum Gasteiger partial charge on any atom is 0.308 e. The lowest BCUT2D eigenvalue weighted by atomic mass is 9.90. The monoisotopic (exact) mass is 487 g/mol. The molecule has 0 aliphatic carbocycles. The summed E-state index contributed by atoms with van der Waals surface area (Å²) in [6, 6.07) is 12.6. The van der Waals surface area contributed by atoms with E-state index in [2.05, 4.69) is 4.90 Å². The van der Waals surface area contributed by atoms with Crippen LogP contribution in [0, 0.1) is 23.5 Å². The van der Waals surface area contributed by atoms with E-state index in [0.29, 0.717) is 13.2 Å². The number of hydrogen-bond donors (Lipinski definition) is 0. The summed E-state index contributed by atoms with van der Waals surface area (Å²) in [5, 5.41) is 0. The van der Waals surface area contributed by atoms with E-state index >= 15 is 0 Å². The number of nitrogens with zero attached hydrogens (tertiary/aromatic N) is 1. The molecular weight excluding hydrogens is 448 g/mol. The molecule has 0 saturated carbocycles. The summed E-state index contributed by atoms with van der Waals surface area (Å²) in [5.41, 5.74) is 1.71. The first-order valence-electron chi connectivity index (χ1n) is 13.0. The Balaban J connectivity index is 1.38. The first-order valence-corrected chi connectivity index (χ1v) is 13.0. The molecule has 1 heterocycles. The number of piperidine rings is 1. The van der Waals surface area contributed by atoms with Crippen molar-refractivity contribution in [1.82, 2.24) is 4.90 Å². The molecule has 1 saturated heterocycles. The number of carbonyl (C=O) groups is 1. The van der Waals surface area contributed by atoms with Crippen molar-refractivity contribution in [3.63, 3.8) is 0 Å². The summed E-state index contributed by atoms with van der Waals surface area (Å²) in [4.78, 5) is 14.2. The molecule has 0 spiro atoms. The van der Waals surface area contributed by atoms with E-state index in [1.165, 1.54) is 43.5 Å². The second-order valence-electron chi connectivity index (χ2n) is 9.58. The number of halogens is 2. The van der Waals surface area contributed by atoms with Gasteiger partial charge in [0.1, 0.15) is 17.7 Å². The predicted molar refractivity (Wildman–Crippen MR) is 134 cm³/mol. The van der Waals surface area contributed by atoms with Crippen LogP contribution in [0.3, 0.4) is 0 Å². The number of rotatable bonds is 13. The van der Waals surface area contributed by atoms with Crippen molar-refractivity contribution in [3.05, 3.63) is 71.3 Å². The van der Waals surface area contributed by atoms with E-state index < -0.39 is 0 Å². The van der Waals surface area contributed by atoms with Gasteiger partial charge in [0.25, 0.3) is 0 Å². The summed E-state index contributed by atoms with van der Waals surface area (Å²) >= 11 is 0. The van der Waals surface area contributed by atoms with Crippen LogP contribution in [0.15, 0.2) is 48.5 Å². The zero-order chi connectivity index (χ0) is 25.0. The fourth-order valence-corrected chi connectivity index (χ4v) is 4.74. The summed E-state index contributed by atoms with van der Waals surface area (Å²) in [7, 11) is 0. The third-order valence-corrected chi connectivity index (χ3v) is 6.93. The lowest BCUT2D eigenvalue weighted by Gasteiger charge is -2.32. The van der Waals surface area contributed by atoms with E-state index in [1.54, 1.807) is 24.3 Å². The summed E-state index contributed by atoms with van der Waals surface area (Å²) in [5.74, 6) is 0.0804. The fourth-order valence-electron chi connectivity index (χ4n) is 4.74. The van der Waals surface area contributed by atoms with Gasteiger partial charge < -0.3 is 14.4 Å². The number of benzene rings is 2. The van der Waals surface area contributed by atoms with E-state index in [1.807, 2.05) is 13.8 Å². The van der Waals surface area contributed by atoms with Crippen LogP contribution in [0.25, 0.3) is 0 Å². The highest BCUT2D eigenvalue weighted by molar-refractivity contribution is 5.71. The van der Waals surface area contributed by atoms with Crippen LogP contribution in [-0.2, 0) is 14.3 Å². The molecule has 1 unspecified atom stereocenters. The number of unbranched alkanes of at least 4 members (excludes halogenated alkanes) is 1. The van der Waals surface area contributed by atoms with Gasteiger partial charge in [0, 0.05) is 6.54 Å². The van der Waals surface area contributed by atoms with Crippen molar-refractivity contribution in [3.8, 4) is 0 Å². The van der Waals surface area contributed by atoms with Crippen molar-refractivity contribution in [2.45, 2.75) is 58.5 Å². The number of hydrogen-bond acceptors (Lipinski definition) is 4. The van der Waals surface area contributed by atoms with Crippen LogP contribution in [0.2, 0.25) is 0 Å². The first-order chi connectivity index (χ1) is 17.0. The summed E-state index contributed by atoms with van der Waals surface area (Å²) in [6.45, 7) is 7.76. The minimum absolute atomic E-state index is 0.00885. The highest BCUT2D eigenvalue weighted by Gasteiger charge is 2.21. The van der Waals surface area contributed by atoms with Crippen LogP contribution in [0.4, 0.5) is 8.78 Å². The lowest BCUT2D eigenvalue weighted by Crippen LogP contribution is -2.36. The Morgan fingerprint density at radius 3 is 2.09 bits per heavy atom. The number of esters is 1. The zero-order valence-corrected chi connectivity index (χ0v) is 21.1. The SMILES string of the molecule is CCOC(=O)C(C)CCCCC1CCN(CCOC(c2ccc(F)cc2)c2ccc(F)cc2)CC1. The van der Waals surface area contributed by atoms with Gasteiger partial charge in [-0.05, 0) is 80.6 Å². The van der Waals surface area contributed by atoms with Gasteiger partial charge in [0.15, 0.2) is 0 Å². The minimum atomic E-state index is -0.356. The van der Waals surface area contributed by atoms with Crippen LogP contribution in [0.5, 0.6) is 0 Å². The van der Waals surface area contributed by atoms with Gasteiger partial charge in [0.05, 0.1) is 19.1 Å². The Morgan fingerprint density at radius 2 is 1.54 bits per heavy atom. The largest absolute Gasteiger partial charge is 0.466 e. The third-order valence-electron chi connectivity index (χ3n) is 6.93. The second kappa shape index (κ2) is 14.3. The van der Waals surface area contributed by atoms with Gasteiger partial charge in [0.2, 0.25) is 0 Å². The number of likely N-dealkylation sites (tertiary alicyclic amines) is 1. The van der Waals surface area contributed by atoms with Gasteiger partial charge in [-0.2, -0.15) is 0 Å². The smallest absolute Gasteiger partial charge is 0.308 e. The molecule has 2 aromatic rings. The molecule has 2 aromatic carbocycles. The van der Waals surface area contributed by atoms with Crippen LogP contribution >= 0.6 is 0 Å². The average Bonchev–Trinajstić information content (AvgIpc) is 2.87. The Labute approximate surface area is 208 Å². The molecule has 4 nitrogen and oxygen atoms in total. The van der Waals surface area contributed by atoms with E-state index in [-0.39, 0.29) is 29.6 Å². The molecule has 0 bridgehead atoms. The third kappa shape index (κ3) is 9.01. The van der Waals surface area contributed by atoms with Gasteiger partial charge in [-0.1, -0.05) is 50.5 Å². The maximum atomic E-state index is 13.4. The molecule has 0 amide bonds. The van der Waals surface area contributed by atoms with Gasteiger partial charge in [-0.15, -0.1) is 0 Å². The van der Waals surface area contributed by atoms with Crippen LogP contribution in [0.1, 0.15) is 69.6 Å². The van der Waals surface area contributed by atoms with Crippen molar-refractivity contribution in [2.24, 2.45) is 11.8 Å². The molecule has 0 radical (unpaired) electrons. The molecule has 1 fully saturated rings. The van der Waals surface area contributed by atoms with Crippen LogP contribution < -0.4 is 0 Å². The molecule has 1 aliphatic heterocycles. The second-order valence-corrected chi connectivity index (χ2v) is 9.58. The summed E-state index contributed by atoms with van der Waals surface area (Å²) in [6.07, 6.45) is 6.37. The van der Waals surface area contributed by atoms with E-state index in [0.717, 1.165) is 55.9 Å². The van der Waals surface area contributed by atoms with Gasteiger partial charge in [-0.25, -0.2) is 8.78 Å². The Kier molecular flexibility index (Phi) is 11.1. The highest BCUT2D eigenvalue weighted by atomic mass is 19.1. The maximum absolute atomic E-state index is 13.4. The Morgan fingerprint density at radius 1 is 0.971 bits per heavy atom. The topological polar surface area (TPSA) is 38.8 Å². The average molecular weight is 488 g/mol. The molecular formula is C29H39F2NO3. The number of carbonyl (C=O) groups excluding carboxylic acids is 1. The van der Waals surface area contributed by atoms with Crippen molar-refractivity contribution in [1.29, 1.82) is 0 Å². The Hall–Kier alpha value is -2.31. The van der Waals surface area contributed by atoms with Crippen molar-refractivity contribution < 1.29 is 23.0 Å². The van der Waals surface area contributed by atoms with Gasteiger partial charge in [-0.3, -0.25) is 4.79 Å². The molecule has 192 valence electrons. The van der Waals surface area contributed by atoms with Gasteiger partial charge >= 0.3 is 5.97 Å². The zero-order valence-electron chi connectivity index (χ0n) is 21.1. The molecule has 35 heavy (non-hydrogen) atoms. The van der Waals surface area contributed by atoms with E-state index in [4.69, 9.17) is 9.47 Å². The lowest BCUT2D eigenvalue weighted by molar-refractivity contribution is -0.147. The Bertz CT molecular complexity index is 834. The predicted octanol–water partition coefficient (Wildman–Crippen LogP) is 6.54. The minimum Gasteiger partial charge on any atom is -0.466 e. The standard InChI is InChI=1S/C29H39F2NO3/c1-3-34-29(33)22(2)6-4-5-7-23-16-18-32(19-17-23)20-21-35-28(24-8-12-26(30)13-9-24)25-10-14-27(31)15-11-25/h8-15,22-23,28H,3-7,16-21H2,1-2H3. The van der Waals surface area contributed by atoms with Crippen molar-refractivity contribution in [2.75, 3.05) is 32.8 Å². The van der Waals surface area contributed by atoms with Crippen LogP contribution in [-0.4, -0.2) is 43.7 Å². The summed E-state index contributed by atoms with van der Waals surface area (Å²) < 4.78 is 38.1. The van der Waals surface area contributed by atoms with Crippen molar-refractivity contribution >= 4 is 5.97 Å². The first kappa shape index (κ1) is 27.3. The molecule has 6 heteroatoms. The fraction of sp³-hybridized carbons (Fsp3) is 0.552. The van der Waals surface area contributed by atoms with E-state index in [9.17, 15) is 13.6 Å². The quantitative estimate of drug-likeness (QED) is 0.237. The molecule has 0 N–H and O–H groups in total. The number of ether oxygens (including phenoxy) is 2. The normalized spacial score (nSPS) is 15.9. The highest BCUT2D eigenvalue weighted by Crippen LogP contribution is 2.27.